The second-order valence-electron chi connectivity index (χ2n) is 5.30. The number of hydrogen-bond acceptors (Lipinski definition) is 3. The standard InChI is InChI=1S/C15H22N2O2/c1-11(10-19-2)8-15(18)17-7-3-4-12-9-13(16)5-6-14(12)17/h5-6,9,11H,3-4,7-8,10,16H2,1-2H3. The molecule has 0 saturated heterocycles. The van der Waals surface area contributed by atoms with E-state index in [-0.39, 0.29) is 11.8 Å². The molecule has 19 heavy (non-hydrogen) atoms. The van der Waals surface area contributed by atoms with Gasteiger partial charge in [-0.2, -0.15) is 0 Å². The van der Waals surface area contributed by atoms with E-state index in [1.54, 1.807) is 7.11 Å². The van der Waals surface area contributed by atoms with Crippen LogP contribution in [0.5, 0.6) is 0 Å². The Morgan fingerprint density at radius 3 is 3.05 bits per heavy atom. The van der Waals surface area contributed by atoms with Gasteiger partial charge in [-0.05, 0) is 42.5 Å². The van der Waals surface area contributed by atoms with Crippen molar-refractivity contribution in [2.75, 3.05) is 30.9 Å². The van der Waals surface area contributed by atoms with Crippen LogP contribution in [0, 0.1) is 5.92 Å². The number of carbonyl (C=O) groups excluding carboxylic acids is 1. The number of carbonyl (C=O) groups is 1. The van der Waals surface area contributed by atoms with E-state index < -0.39 is 0 Å². The zero-order valence-corrected chi connectivity index (χ0v) is 11.7. The van der Waals surface area contributed by atoms with Crippen LogP contribution in [0.2, 0.25) is 0 Å². The summed E-state index contributed by atoms with van der Waals surface area (Å²) in [4.78, 5) is 14.3. The first-order valence-corrected chi connectivity index (χ1v) is 6.79. The van der Waals surface area contributed by atoms with Crippen molar-refractivity contribution in [3.8, 4) is 0 Å². The molecule has 1 unspecified atom stereocenters. The van der Waals surface area contributed by atoms with Crippen LogP contribution in [-0.4, -0.2) is 26.2 Å². The zero-order chi connectivity index (χ0) is 13.8. The van der Waals surface area contributed by atoms with E-state index in [9.17, 15) is 4.79 Å². The van der Waals surface area contributed by atoms with Crippen molar-refractivity contribution in [2.45, 2.75) is 26.2 Å². The number of nitrogen functional groups attached to an aromatic ring is 1. The van der Waals surface area contributed by atoms with E-state index in [2.05, 4.69) is 0 Å². The van der Waals surface area contributed by atoms with Gasteiger partial charge in [0.25, 0.3) is 0 Å². The Morgan fingerprint density at radius 1 is 1.53 bits per heavy atom. The normalized spacial score (nSPS) is 16.0. The van der Waals surface area contributed by atoms with E-state index >= 15 is 0 Å². The molecule has 1 aromatic carbocycles. The fourth-order valence-corrected chi connectivity index (χ4v) is 2.63. The van der Waals surface area contributed by atoms with E-state index in [4.69, 9.17) is 10.5 Å². The van der Waals surface area contributed by atoms with Crippen molar-refractivity contribution in [3.63, 3.8) is 0 Å². The number of benzene rings is 1. The molecule has 0 aliphatic carbocycles. The highest BCUT2D eigenvalue weighted by Crippen LogP contribution is 2.29. The third-order valence-electron chi connectivity index (χ3n) is 3.50. The Hall–Kier alpha value is -1.55. The van der Waals surface area contributed by atoms with E-state index in [0.29, 0.717) is 13.0 Å². The molecule has 0 radical (unpaired) electrons. The number of aryl methyl sites for hydroxylation is 1. The number of amides is 1. The van der Waals surface area contributed by atoms with Gasteiger partial charge in [0.05, 0.1) is 0 Å². The maximum Gasteiger partial charge on any atom is 0.227 e. The summed E-state index contributed by atoms with van der Waals surface area (Å²) in [6, 6.07) is 5.80. The summed E-state index contributed by atoms with van der Waals surface area (Å²) in [6.07, 6.45) is 2.52. The van der Waals surface area contributed by atoms with Crippen LogP contribution in [0.4, 0.5) is 11.4 Å². The monoisotopic (exact) mass is 262 g/mol. The minimum Gasteiger partial charge on any atom is -0.399 e. The van der Waals surface area contributed by atoms with Crippen molar-refractivity contribution >= 4 is 17.3 Å². The molecule has 4 heteroatoms. The smallest absolute Gasteiger partial charge is 0.227 e. The molecule has 0 aromatic heterocycles. The Morgan fingerprint density at radius 2 is 2.32 bits per heavy atom. The molecule has 0 saturated carbocycles. The lowest BCUT2D eigenvalue weighted by Gasteiger charge is -2.30. The summed E-state index contributed by atoms with van der Waals surface area (Å²) in [5, 5.41) is 0. The fourth-order valence-electron chi connectivity index (χ4n) is 2.63. The Balaban J connectivity index is 2.12. The second kappa shape index (κ2) is 6.06. The highest BCUT2D eigenvalue weighted by atomic mass is 16.5. The van der Waals surface area contributed by atoms with Crippen LogP contribution in [0.1, 0.15) is 25.3 Å². The maximum atomic E-state index is 12.4. The van der Waals surface area contributed by atoms with Crippen molar-refractivity contribution in [1.29, 1.82) is 0 Å². The maximum absolute atomic E-state index is 12.4. The minimum atomic E-state index is 0.176. The lowest BCUT2D eigenvalue weighted by molar-refractivity contribution is -0.119. The SMILES string of the molecule is COCC(C)CC(=O)N1CCCc2cc(N)ccc21. The van der Waals surface area contributed by atoms with Crippen molar-refractivity contribution < 1.29 is 9.53 Å². The summed E-state index contributed by atoms with van der Waals surface area (Å²) >= 11 is 0. The number of hydrogen-bond donors (Lipinski definition) is 1. The van der Waals surface area contributed by atoms with E-state index in [1.807, 2.05) is 30.0 Å². The van der Waals surface area contributed by atoms with Gasteiger partial charge < -0.3 is 15.4 Å². The van der Waals surface area contributed by atoms with Gasteiger partial charge >= 0.3 is 0 Å². The molecule has 104 valence electrons. The third kappa shape index (κ3) is 3.26. The van der Waals surface area contributed by atoms with Crippen molar-refractivity contribution in [3.05, 3.63) is 23.8 Å². The Bertz CT molecular complexity index is 459. The number of nitrogens with two attached hydrogens (primary N) is 1. The van der Waals surface area contributed by atoms with Gasteiger partial charge in [0.15, 0.2) is 0 Å². The molecular formula is C15H22N2O2. The Labute approximate surface area is 114 Å². The molecule has 2 N–H and O–H groups in total. The van der Waals surface area contributed by atoms with Crippen LogP contribution < -0.4 is 10.6 Å². The molecule has 0 bridgehead atoms. The highest BCUT2D eigenvalue weighted by molar-refractivity contribution is 5.95. The molecule has 4 nitrogen and oxygen atoms in total. The second-order valence-corrected chi connectivity index (χ2v) is 5.30. The molecule has 1 aliphatic heterocycles. The number of anilines is 2. The molecule has 0 fully saturated rings. The minimum absolute atomic E-state index is 0.176. The molecule has 1 atom stereocenters. The van der Waals surface area contributed by atoms with Crippen LogP contribution >= 0.6 is 0 Å². The van der Waals surface area contributed by atoms with Gasteiger partial charge in [-0.3, -0.25) is 4.79 Å². The van der Waals surface area contributed by atoms with Gasteiger partial charge in [0.1, 0.15) is 0 Å². The number of nitrogens with zero attached hydrogens (tertiary/aromatic N) is 1. The number of ether oxygens (including phenoxy) is 1. The first-order valence-electron chi connectivity index (χ1n) is 6.79. The summed E-state index contributed by atoms with van der Waals surface area (Å²) in [5.74, 6) is 0.423. The van der Waals surface area contributed by atoms with Gasteiger partial charge in [0, 0.05) is 38.1 Å². The van der Waals surface area contributed by atoms with Crippen LogP contribution in [0.25, 0.3) is 0 Å². The predicted octanol–water partition coefficient (Wildman–Crippen LogP) is 2.22. The molecule has 0 spiro atoms. The zero-order valence-electron chi connectivity index (χ0n) is 11.7. The van der Waals surface area contributed by atoms with Gasteiger partial charge in [0.2, 0.25) is 5.91 Å². The van der Waals surface area contributed by atoms with Crippen LogP contribution in [-0.2, 0) is 16.0 Å². The average Bonchev–Trinajstić information content (AvgIpc) is 2.37. The molecule has 1 heterocycles. The lowest BCUT2D eigenvalue weighted by Crippen LogP contribution is -2.36. The number of methoxy groups -OCH3 is 1. The average molecular weight is 262 g/mol. The van der Waals surface area contributed by atoms with E-state index in [1.165, 1.54) is 5.56 Å². The summed E-state index contributed by atoms with van der Waals surface area (Å²) in [5.41, 5.74) is 8.77. The largest absolute Gasteiger partial charge is 0.399 e. The molecule has 1 amide bonds. The number of rotatable bonds is 4. The van der Waals surface area contributed by atoms with Crippen LogP contribution in [0.3, 0.4) is 0 Å². The summed E-state index contributed by atoms with van der Waals surface area (Å²) in [7, 11) is 1.67. The quantitative estimate of drug-likeness (QED) is 0.846. The molecular weight excluding hydrogens is 240 g/mol. The first kappa shape index (κ1) is 13.9. The van der Waals surface area contributed by atoms with E-state index in [0.717, 1.165) is 30.8 Å². The topological polar surface area (TPSA) is 55.6 Å². The third-order valence-corrected chi connectivity index (χ3v) is 3.50. The fraction of sp³-hybridized carbons (Fsp3) is 0.533. The number of fused-ring (bicyclic) bond motifs is 1. The molecule has 1 aliphatic rings. The summed E-state index contributed by atoms with van der Waals surface area (Å²) in [6.45, 7) is 3.46. The molecule has 2 rings (SSSR count). The van der Waals surface area contributed by atoms with Gasteiger partial charge in [-0.25, -0.2) is 0 Å². The van der Waals surface area contributed by atoms with Gasteiger partial charge in [-0.15, -0.1) is 0 Å². The highest BCUT2D eigenvalue weighted by Gasteiger charge is 2.23. The Kier molecular flexibility index (Phi) is 4.43. The van der Waals surface area contributed by atoms with Crippen molar-refractivity contribution in [1.82, 2.24) is 0 Å². The van der Waals surface area contributed by atoms with Crippen molar-refractivity contribution in [2.24, 2.45) is 5.92 Å². The molecule has 1 aromatic rings. The van der Waals surface area contributed by atoms with Crippen LogP contribution in [0.15, 0.2) is 18.2 Å². The lowest BCUT2D eigenvalue weighted by atomic mass is 9.99. The summed E-state index contributed by atoms with van der Waals surface area (Å²) < 4.78 is 5.09. The van der Waals surface area contributed by atoms with Gasteiger partial charge in [-0.1, -0.05) is 6.92 Å². The first-order chi connectivity index (χ1) is 9.11. The predicted molar refractivity (Wildman–Crippen MR) is 77.2 cm³/mol.